The van der Waals surface area contributed by atoms with E-state index in [4.69, 9.17) is 0 Å². The van der Waals surface area contributed by atoms with E-state index in [0.29, 0.717) is 31.0 Å². The van der Waals surface area contributed by atoms with Crippen LogP contribution in [0.4, 0.5) is 13.2 Å². The summed E-state index contributed by atoms with van der Waals surface area (Å²) in [7, 11) is 0. The summed E-state index contributed by atoms with van der Waals surface area (Å²) in [5.74, 6) is -0.442. The fraction of sp³-hybridized carbons (Fsp3) is 0.923. The molecule has 9 heteroatoms. The number of carbonyl (C=O) groups is 2. The Kier molecular flexibility index (Phi) is 7.51. The van der Waals surface area contributed by atoms with Gasteiger partial charge in [0.2, 0.25) is 11.8 Å². The minimum Gasteiger partial charge on any atom is -0.387 e. The van der Waals surface area contributed by atoms with Crippen LogP contribution in [-0.2, 0) is 9.59 Å². The summed E-state index contributed by atoms with van der Waals surface area (Å²) in [6, 6.07) is 0.448. The number of β-amino-alcohol motifs (C(OH)–C–C–N with tert-alkyl or cyclic N) is 1. The Morgan fingerprint density at radius 1 is 1.03 bits per heavy atom. The van der Waals surface area contributed by atoms with Gasteiger partial charge in [0.15, 0.2) is 0 Å². The van der Waals surface area contributed by atoms with E-state index < -0.39 is 35.9 Å². The van der Waals surface area contributed by atoms with Gasteiger partial charge < -0.3 is 14.9 Å². The highest BCUT2D eigenvalue weighted by molar-refractivity contribution is 5.79. The molecule has 4 fully saturated rings. The molecule has 4 aliphatic rings. The van der Waals surface area contributed by atoms with Crippen LogP contribution < -0.4 is 0 Å². The van der Waals surface area contributed by atoms with Crippen LogP contribution in [0.25, 0.3) is 0 Å². The Bertz CT molecular complexity index is 786. The number of nitrogens with zero attached hydrogens (tertiary/aromatic N) is 3. The van der Waals surface area contributed by atoms with Crippen molar-refractivity contribution in [2.24, 2.45) is 10.8 Å². The highest BCUT2D eigenvalue weighted by Gasteiger charge is 2.56. The minimum absolute atomic E-state index is 0.0475. The number of piperidine rings is 1. The van der Waals surface area contributed by atoms with E-state index >= 15 is 0 Å². The highest BCUT2D eigenvalue weighted by Crippen LogP contribution is 2.51. The standard InChI is InChI=1S/C26H42F3N3O3/c1-23(2)10-5-20(6-11-23)30-15-16-32(22(34)17-30)19-25(35)13-14-31(18-24(25)8-3-4-9-24)21(33)7-12-26(27,28)29/h20,35H,3-19H2,1-2H3. The summed E-state index contributed by atoms with van der Waals surface area (Å²) >= 11 is 0. The maximum absolute atomic E-state index is 13.1. The van der Waals surface area contributed by atoms with Crippen LogP contribution in [0, 0.1) is 10.8 Å². The molecule has 1 unspecified atom stereocenters. The zero-order chi connectivity index (χ0) is 25.5. The zero-order valence-electron chi connectivity index (χ0n) is 21.3. The van der Waals surface area contributed by atoms with E-state index in [1.165, 1.54) is 17.7 Å². The Hall–Kier alpha value is -1.35. The van der Waals surface area contributed by atoms with Gasteiger partial charge in [-0.25, -0.2) is 0 Å². The smallest absolute Gasteiger partial charge is 0.387 e. The number of hydrogen-bond donors (Lipinski definition) is 1. The Morgan fingerprint density at radius 3 is 2.29 bits per heavy atom. The summed E-state index contributed by atoms with van der Waals surface area (Å²) in [6.45, 7) is 7.17. The van der Waals surface area contributed by atoms with Gasteiger partial charge in [-0.1, -0.05) is 26.7 Å². The first-order chi connectivity index (χ1) is 16.3. The van der Waals surface area contributed by atoms with Crippen LogP contribution in [0.15, 0.2) is 0 Å². The Labute approximate surface area is 207 Å². The molecule has 2 saturated carbocycles. The quantitative estimate of drug-likeness (QED) is 0.619. The van der Waals surface area contributed by atoms with Gasteiger partial charge in [-0.3, -0.25) is 14.5 Å². The van der Waals surface area contributed by atoms with E-state index in [1.54, 1.807) is 4.90 Å². The average molecular weight is 502 g/mol. The second-order valence-electron chi connectivity index (χ2n) is 12.4. The first-order valence-corrected chi connectivity index (χ1v) is 13.4. The predicted molar refractivity (Wildman–Crippen MR) is 127 cm³/mol. The largest absolute Gasteiger partial charge is 0.389 e. The first-order valence-electron chi connectivity index (χ1n) is 13.4. The lowest BCUT2D eigenvalue weighted by atomic mass is 9.65. The van der Waals surface area contributed by atoms with Gasteiger partial charge in [0.25, 0.3) is 0 Å². The fourth-order valence-corrected chi connectivity index (χ4v) is 6.99. The molecule has 2 amide bonds. The highest BCUT2D eigenvalue weighted by atomic mass is 19.4. The van der Waals surface area contributed by atoms with E-state index in [9.17, 15) is 27.9 Å². The zero-order valence-corrected chi connectivity index (χ0v) is 21.3. The number of piperazine rings is 1. The first kappa shape index (κ1) is 26.7. The van der Waals surface area contributed by atoms with E-state index in [2.05, 4.69) is 18.7 Å². The van der Waals surface area contributed by atoms with Crippen molar-refractivity contribution in [1.29, 1.82) is 0 Å². The number of rotatable bonds is 5. The van der Waals surface area contributed by atoms with Gasteiger partial charge in [0.1, 0.15) is 0 Å². The summed E-state index contributed by atoms with van der Waals surface area (Å²) in [5.41, 5.74) is -1.29. The summed E-state index contributed by atoms with van der Waals surface area (Å²) in [4.78, 5) is 31.3. The third-order valence-corrected chi connectivity index (χ3v) is 9.44. The van der Waals surface area contributed by atoms with E-state index in [-0.39, 0.29) is 25.5 Å². The molecule has 2 heterocycles. The summed E-state index contributed by atoms with van der Waals surface area (Å²) in [5, 5.41) is 11.9. The topological polar surface area (TPSA) is 64.1 Å². The van der Waals surface area contributed by atoms with Crippen LogP contribution in [0.5, 0.6) is 0 Å². The molecule has 2 saturated heterocycles. The molecule has 1 spiro atoms. The summed E-state index contributed by atoms with van der Waals surface area (Å²) in [6.07, 6.45) is 2.18. The molecule has 2 aliphatic heterocycles. The molecule has 2 aliphatic carbocycles. The van der Waals surface area contributed by atoms with Crippen LogP contribution in [0.2, 0.25) is 0 Å². The van der Waals surface area contributed by atoms with Gasteiger partial charge in [-0.2, -0.15) is 13.2 Å². The summed E-state index contributed by atoms with van der Waals surface area (Å²) < 4.78 is 37.9. The molecule has 200 valence electrons. The molecular formula is C26H42F3N3O3. The maximum Gasteiger partial charge on any atom is 0.389 e. The average Bonchev–Trinajstić information content (AvgIpc) is 3.25. The predicted octanol–water partition coefficient (Wildman–Crippen LogP) is 3.97. The molecule has 0 aromatic carbocycles. The van der Waals surface area contributed by atoms with Gasteiger partial charge >= 0.3 is 6.18 Å². The van der Waals surface area contributed by atoms with Crippen molar-refractivity contribution in [2.75, 3.05) is 39.3 Å². The van der Waals surface area contributed by atoms with Crippen molar-refractivity contribution in [3.05, 3.63) is 0 Å². The normalized spacial score (nSPS) is 30.3. The van der Waals surface area contributed by atoms with Crippen molar-refractivity contribution >= 4 is 11.8 Å². The lowest BCUT2D eigenvalue weighted by Gasteiger charge is -2.54. The third kappa shape index (κ3) is 5.97. The van der Waals surface area contributed by atoms with E-state index in [0.717, 1.165) is 45.1 Å². The SMILES string of the molecule is CC1(C)CCC(N2CCN(CC3(O)CCN(C(=O)CCC(F)(F)F)CC34CCCC4)C(=O)C2)CC1. The van der Waals surface area contributed by atoms with Crippen LogP contribution in [-0.4, -0.2) is 88.7 Å². The minimum atomic E-state index is -4.35. The van der Waals surface area contributed by atoms with Gasteiger partial charge in [0, 0.05) is 44.1 Å². The van der Waals surface area contributed by atoms with Crippen molar-refractivity contribution < 1.29 is 27.9 Å². The van der Waals surface area contributed by atoms with Crippen molar-refractivity contribution in [2.45, 2.75) is 102 Å². The van der Waals surface area contributed by atoms with Gasteiger partial charge in [-0.05, 0) is 50.4 Å². The Balaban J connectivity index is 1.37. The monoisotopic (exact) mass is 501 g/mol. The molecule has 0 aromatic rings. The lowest BCUT2D eigenvalue weighted by molar-refractivity contribution is -0.173. The number of alkyl halides is 3. The molecule has 6 nitrogen and oxygen atoms in total. The number of hydrogen-bond acceptors (Lipinski definition) is 4. The van der Waals surface area contributed by atoms with Crippen LogP contribution >= 0.6 is 0 Å². The van der Waals surface area contributed by atoms with Crippen LogP contribution in [0.3, 0.4) is 0 Å². The molecule has 0 radical (unpaired) electrons. The molecule has 35 heavy (non-hydrogen) atoms. The number of carbonyl (C=O) groups excluding carboxylic acids is 2. The van der Waals surface area contributed by atoms with Gasteiger partial charge in [-0.15, -0.1) is 0 Å². The second kappa shape index (κ2) is 9.84. The Morgan fingerprint density at radius 2 is 1.69 bits per heavy atom. The molecule has 1 N–H and O–H groups in total. The number of aliphatic hydroxyl groups is 1. The molecular weight excluding hydrogens is 459 g/mol. The molecule has 4 rings (SSSR count). The number of likely N-dealkylation sites (tertiary alicyclic amines) is 1. The van der Waals surface area contributed by atoms with Crippen LogP contribution in [0.1, 0.15) is 84.5 Å². The van der Waals surface area contributed by atoms with E-state index in [1.807, 2.05) is 0 Å². The van der Waals surface area contributed by atoms with Gasteiger partial charge in [0.05, 0.1) is 25.1 Å². The number of amides is 2. The molecule has 0 aromatic heterocycles. The lowest BCUT2D eigenvalue weighted by Crippen LogP contribution is -2.66. The fourth-order valence-electron chi connectivity index (χ4n) is 6.99. The number of halogens is 3. The molecule has 1 atom stereocenters. The molecule has 0 bridgehead atoms. The van der Waals surface area contributed by atoms with Crippen molar-refractivity contribution in [3.8, 4) is 0 Å². The maximum atomic E-state index is 13.1. The van der Waals surface area contributed by atoms with Crippen molar-refractivity contribution in [1.82, 2.24) is 14.7 Å². The van der Waals surface area contributed by atoms with Crippen molar-refractivity contribution in [3.63, 3.8) is 0 Å². The third-order valence-electron chi connectivity index (χ3n) is 9.44. The second-order valence-corrected chi connectivity index (χ2v) is 12.4.